The van der Waals surface area contributed by atoms with Crippen molar-refractivity contribution in [1.29, 1.82) is 0 Å². The molecule has 328 valence electrons. The molecule has 4 N–H and O–H groups in total. The summed E-state index contributed by atoms with van der Waals surface area (Å²) in [6, 6.07) is -0.758. The number of nitrogens with zero attached hydrogens (tertiary/aromatic N) is 1. The second-order valence-electron chi connectivity index (χ2n) is 16.1. The van der Waals surface area contributed by atoms with Crippen LogP contribution in [0.2, 0.25) is 0 Å². The monoisotopic (exact) mass is 815 g/mol. The van der Waals surface area contributed by atoms with Crippen LogP contribution in [-0.4, -0.2) is 156 Å². The van der Waals surface area contributed by atoms with Gasteiger partial charge >= 0.3 is 17.9 Å². The van der Waals surface area contributed by atoms with Crippen molar-refractivity contribution in [3.05, 3.63) is 24.3 Å². The molecule has 10 unspecified atom stereocenters. The highest BCUT2D eigenvalue weighted by Gasteiger charge is 2.53. The van der Waals surface area contributed by atoms with Crippen LogP contribution >= 0.6 is 0 Å². The van der Waals surface area contributed by atoms with Gasteiger partial charge in [-0.2, -0.15) is 0 Å². The molecule has 0 aliphatic carbocycles. The van der Waals surface area contributed by atoms with E-state index in [0.29, 0.717) is 12.8 Å². The largest absolute Gasteiger partial charge is 0.462 e. The number of carbonyl (C=O) groups excluding carboxylic acids is 3. The van der Waals surface area contributed by atoms with Crippen molar-refractivity contribution in [2.45, 2.75) is 179 Å². The lowest BCUT2D eigenvalue weighted by molar-refractivity contribution is -0.344. The average molecular weight is 816 g/mol. The molecule has 3 aliphatic heterocycles. The highest BCUT2D eigenvalue weighted by atomic mass is 16.7. The number of rotatable bonds is 12. The van der Waals surface area contributed by atoms with Crippen molar-refractivity contribution in [1.82, 2.24) is 4.90 Å². The van der Waals surface area contributed by atoms with Crippen molar-refractivity contribution < 1.29 is 72.7 Å². The molecule has 0 bridgehead atoms. The Hall–Kier alpha value is -2.51. The summed E-state index contributed by atoms with van der Waals surface area (Å²) >= 11 is 0. The van der Waals surface area contributed by atoms with E-state index in [1.54, 1.807) is 78.8 Å². The van der Waals surface area contributed by atoms with E-state index >= 15 is 0 Å². The first-order chi connectivity index (χ1) is 26.9. The van der Waals surface area contributed by atoms with E-state index in [2.05, 4.69) is 0 Å². The molecule has 3 rings (SSSR count). The zero-order valence-electron chi connectivity index (χ0n) is 35.4. The fraction of sp³-hybridized carbons (Fsp3) is 0.829. The maximum absolute atomic E-state index is 13.3. The maximum atomic E-state index is 13.3. The van der Waals surface area contributed by atoms with Crippen molar-refractivity contribution in [3.63, 3.8) is 0 Å². The fourth-order valence-corrected chi connectivity index (χ4v) is 7.91. The summed E-state index contributed by atoms with van der Waals surface area (Å²) in [5, 5.41) is 44.9. The van der Waals surface area contributed by atoms with Gasteiger partial charge in [-0.05, 0) is 66.5 Å². The zero-order chi connectivity index (χ0) is 42.6. The quantitative estimate of drug-likeness (QED) is 0.165. The number of ether oxygens (including phenoxy) is 8. The highest BCUT2D eigenvalue weighted by molar-refractivity contribution is 5.72. The van der Waals surface area contributed by atoms with Crippen LogP contribution in [0.25, 0.3) is 0 Å². The van der Waals surface area contributed by atoms with Gasteiger partial charge in [0, 0.05) is 39.4 Å². The summed E-state index contributed by atoms with van der Waals surface area (Å²) in [5.41, 5.74) is -1.48. The van der Waals surface area contributed by atoms with E-state index in [1.165, 1.54) is 7.11 Å². The Bertz CT molecular complexity index is 1320. The second kappa shape index (κ2) is 22.7. The van der Waals surface area contributed by atoms with Crippen molar-refractivity contribution in [3.8, 4) is 0 Å². The SMILES string of the molecule is CCC(=O)OC1C(C)OC(OC2C(C)OC(O[C@H]3[C@@H](CCO)C[C@@H](C)C(O)C=CC=CC[C@@H](C)OC(=O)C[C@@H](OC(=O)CC)[C@@H]3OC)C(O)C2N(C)C)CC1(C)O. The first-order valence-corrected chi connectivity index (χ1v) is 20.3. The fourth-order valence-electron chi connectivity index (χ4n) is 7.91. The van der Waals surface area contributed by atoms with Crippen LogP contribution in [0.5, 0.6) is 0 Å². The number of aliphatic hydroxyl groups excluding tert-OH is 3. The summed E-state index contributed by atoms with van der Waals surface area (Å²) in [6.07, 6.45) is -4.02. The number of allylic oxidation sites excluding steroid dienone is 2. The molecule has 0 saturated carbocycles. The Balaban J connectivity index is 2.01. The third-order valence-corrected chi connectivity index (χ3v) is 11.0. The average Bonchev–Trinajstić information content (AvgIpc) is 3.13. The number of hydrogen-bond acceptors (Lipinski definition) is 16. The molecule has 16 atom stereocenters. The van der Waals surface area contributed by atoms with Crippen LogP contribution in [0.1, 0.15) is 93.4 Å². The zero-order valence-corrected chi connectivity index (χ0v) is 35.4. The lowest BCUT2D eigenvalue weighted by Gasteiger charge is -2.50. The Morgan fingerprint density at radius 1 is 0.947 bits per heavy atom. The Labute approximate surface area is 337 Å². The summed E-state index contributed by atoms with van der Waals surface area (Å²) in [4.78, 5) is 40.0. The minimum atomic E-state index is -1.48. The van der Waals surface area contributed by atoms with Crippen molar-refractivity contribution >= 4 is 17.9 Å². The smallest absolute Gasteiger partial charge is 0.309 e. The normalized spacial score (nSPS) is 40.1. The molecule has 2 fully saturated rings. The predicted molar refractivity (Wildman–Crippen MR) is 206 cm³/mol. The first-order valence-electron chi connectivity index (χ1n) is 20.3. The van der Waals surface area contributed by atoms with E-state index < -0.39 is 109 Å². The Kier molecular flexibility index (Phi) is 19.5. The van der Waals surface area contributed by atoms with Gasteiger partial charge in [-0.1, -0.05) is 45.1 Å². The molecular weight excluding hydrogens is 746 g/mol. The van der Waals surface area contributed by atoms with E-state index in [0.717, 1.165) is 0 Å². The molecule has 16 nitrogen and oxygen atoms in total. The van der Waals surface area contributed by atoms with Gasteiger partial charge in [0.15, 0.2) is 18.7 Å². The van der Waals surface area contributed by atoms with Gasteiger partial charge in [0.1, 0.15) is 36.1 Å². The van der Waals surface area contributed by atoms with Gasteiger partial charge in [-0.15, -0.1) is 0 Å². The molecule has 0 amide bonds. The number of carbonyl (C=O) groups is 3. The molecule has 2 saturated heterocycles. The van der Waals surface area contributed by atoms with Crippen LogP contribution in [-0.2, 0) is 52.3 Å². The molecule has 0 radical (unpaired) electrons. The molecule has 57 heavy (non-hydrogen) atoms. The highest BCUT2D eigenvalue weighted by Crippen LogP contribution is 2.38. The van der Waals surface area contributed by atoms with Crippen LogP contribution < -0.4 is 0 Å². The third-order valence-electron chi connectivity index (χ3n) is 11.0. The van der Waals surface area contributed by atoms with Crippen LogP contribution in [0, 0.1) is 11.8 Å². The van der Waals surface area contributed by atoms with Gasteiger partial charge in [-0.25, -0.2) is 0 Å². The first kappa shape index (κ1) is 48.9. The number of cyclic esters (lactones) is 1. The van der Waals surface area contributed by atoms with E-state index in [1.807, 2.05) is 13.0 Å². The van der Waals surface area contributed by atoms with Gasteiger partial charge in [-0.3, -0.25) is 14.4 Å². The molecule has 16 heteroatoms. The lowest BCUT2D eigenvalue weighted by atomic mass is 9.82. The molecule has 0 aromatic carbocycles. The van der Waals surface area contributed by atoms with Gasteiger partial charge < -0.3 is 63.2 Å². The van der Waals surface area contributed by atoms with Crippen LogP contribution in [0.4, 0.5) is 0 Å². The molecule has 3 heterocycles. The Morgan fingerprint density at radius 2 is 1.61 bits per heavy atom. The maximum Gasteiger partial charge on any atom is 0.309 e. The van der Waals surface area contributed by atoms with Gasteiger partial charge in [0.25, 0.3) is 0 Å². The standard InChI is InChI=1S/C41H69NO15/c1-11-30(45)54-29-21-32(47)51-24(4)16-14-13-15-17-28(44)23(3)20-27(18-19-43)37(38(29)50-10)57-40-35(48)34(42(8)9)36(25(5)53-40)56-33-22-41(7,49)39(26(6)52-33)55-31(46)12-2/h13-15,17,23-29,33-40,43-44,48-49H,11-12,16,18-22H2,1-10H3/t23-,24-,25?,26?,27+,28?,29-,33?,34?,35?,36?,37+,38+,39?,40?,41?/m1/s1. The number of methoxy groups -OCH3 is 1. The van der Waals surface area contributed by atoms with Crippen LogP contribution in [0.15, 0.2) is 24.3 Å². The van der Waals surface area contributed by atoms with Crippen molar-refractivity contribution in [2.75, 3.05) is 27.8 Å². The number of aliphatic hydroxyl groups is 4. The van der Waals surface area contributed by atoms with Crippen LogP contribution in [0.3, 0.4) is 0 Å². The molecule has 0 spiro atoms. The van der Waals surface area contributed by atoms with Crippen molar-refractivity contribution in [2.24, 2.45) is 11.8 Å². The minimum absolute atomic E-state index is 0.0155. The molecule has 3 aliphatic rings. The van der Waals surface area contributed by atoms with Gasteiger partial charge in [0.2, 0.25) is 0 Å². The lowest BCUT2D eigenvalue weighted by Crippen LogP contribution is -2.66. The van der Waals surface area contributed by atoms with E-state index in [-0.39, 0.29) is 44.6 Å². The third kappa shape index (κ3) is 13.8. The Morgan fingerprint density at radius 3 is 2.21 bits per heavy atom. The minimum Gasteiger partial charge on any atom is -0.462 e. The topological polar surface area (TPSA) is 209 Å². The molecular formula is C41H69NO15. The molecule has 0 aromatic heterocycles. The predicted octanol–water partition coefficient (Wildman–Crippen LogP) is 2.56. The van der Waals surface area contributed by atoms with Gasteiger partial charge in [0.05, 0.1) is 36.9 Å². The van der Waals surface area contributed by atoms with E-state index in [9.17, 15) is 34.8 Å². The number of hydrogen-bond donors (Lipinski definition) is 4. The van der Waals surface area contributed by atoms with E-state index in [4.69, 9.17) is 37.9 Å². The number of likely N-dealkylation sites (N-methyl/N-ethyl adjacent to an activating group) is 1. The summed E-state index contributed by atoms with van der Waals surface area (Å²) < 4.78 is 48.7. The summed E-state index contributed by atoms with van der Waals surface area (Å²) in [7, 11) is 4.91. The number of esters is 3. The summed E-state index contributed by atoms with van der Waals surface area (Å²) in [5.74, 6) is -2.61. The second-order valence-corrected chi connectivity index (χ2v) is 16.1. The molecule has 0 aromatic rings. The summed E-state index contributed by atoms with van der Waals surface area (Å²) in [6.45, 7) is 11.6.